The third kappa shape index (κ3) is 3.28. The lowest BCUT2D eigenvalue weighted by atomic mass is 10.1. The van der Waals surface area contributed by atoms with Gasteiger partial charge in [-0.3, -0.25) is 4.79 Å². The second-order valence-electron chi connectivity index (χ2n) is 4.77. The molecule has 0 saturated heterocycles. The van der Waals surface area contributed by atoms with Gasteiger partial charge >= 0.3 is 0 Å². The van der Waals surface area contributed by atoms with Crippen LogP contribution in [0.5, 0.6) is 0 Å². The molecule has 6 heteroatoms. The first-order valence-electron chi connectivity index (χ1n) is 6.81. The van der Waals surface area contributed by atoms with Crippen molar-refractivity contribution >= 4 is 5.78 Å². The highest BCUT2D eigenvalue weighted by Crippen LogP contribution is 2.21. The van der Waals surface area contributed by atoms with Gasteiger partial charge in [-0.15, -0.1) is 0 Å². The molecule has 0 aromatic carbocycles. The topological polar surface area (TPSA) is 74.1 Å². The largest absolute Gasteiger partial charge is 0.472 e. The van der Waals surface area contributed by atoms with Crippen molar-refractivity contribution in [2.45, 2.75) is 25.8 Å². The molecule has 0 fully saturated rings. The highest BCUT2D eigenvalue weighted by molar-refractivity contribution is 5.94. The minimum atomic E-state index is -0.000809. The van der Waals surface area contributed by atoms with Gasteiger partial charge in [0.2, 0.25) is 0 Å². The Hall–Kier alpha value is -2.63. The van der Waals surface area contributed by atoms with E-state index in [1.807, 2.05) is 10.8 Å². The normalized spacial score (nSPS) is 10.9. The summed E-state index contributed by atoms with van der Waals surface area (Å²) in [5.41, 5.74) is 1.15. The van der Waals surface area contributed by atoms with Crippen LogP contribution in [0.2, 0.25) is 0 Å². The van der Waals surface area contributed by atoms with Crippen LogP contribution < -0.4 is 0 Å². The summed E-state index contributed by atoms with van der Waals surface area (Å²) in [6, 6.07) is 3.42. The number of aryl methyl sites for hydroxylation is 1. The van der Waals surface area contributed by atoms with Crippen molar-refractivity contribution in [1.29, 1.82) is 0 Å². The summed E-state index contributed by atoms with van der Waals surface area (Å²) in [5.74, 6) is 0.546. The number of ketones is 1. The predicted molar refractivity (Wildman–Crippen MR) is 74.6 cm³/mol. The lowest BCUT2D eigenvalue weighted by Gasteiger charge is -2.00. The molecule has 0 N–H and O–H groups in total. The Kier molecular flexibility index (Phi) is 3.95. The minimum Gasteiger partial charge on any atom is -0.472 e. The van der Waals surface area contributed by atoms with E-state index in [0.717, 1.165) is 24.9 Å². The first-order chi connectivity index (χ1) is 10.3. The minimum absolute atomic E-state index is 0.000809. The number of unbranched alkanes of at least 4 members (excludes halogenated alkanes) is 1. The average Bonchev–Trinajstić information content (AvgIpc) is 3.25. The Bertz CT molecular complexity index is 684. The van der Waals surface area contributed by atoms with Gasteiger partial charge in [-0.25, -0.2) is 4.98 Å². The molecule has 0 amide bonds. The van der Waals surface area contributed by atoms with Gasteiger partial charge in [0.1, 0.15) is 12.0 Å². The van der Waals surface area contributed by atoms with E-state index in [-0.39, 0.29) is 5.78 Å². The fourth-order valence-electron chi connectivity index (χ4n) is 2.07. The van der Waals surface area contributed by atoms with E-state index in [1.165, 1.54) is 0 Å². The highest BCUT2D eigenvalue weighted by Gasteiger charge is 2.13. The standard InChI is InChI=1S/C15H15N3O3/c19-14(3-1-2-6-18-7-5-16-11-18)13-9-15(21-17-13)12-4-8-20-10-12/h4-5,7-11H,1-3,6H2. The van der Waals surface area contributed by atoms with E-state index in [9.17, 15) is 4.79 Å². The summed E-state index contributed by atoms with van der Waals surface area (Å²) in [6.45, 7) is 0.867. The molecule has 0 bridgehead atoms. The number of aromatic nitrogens is 3. The third-order valence-electron chi connectivity index (χ3n) is 3.23. The highest BCUT2D eigenvalue weighted by atomic mass is 16.5. The molecule has 0 aliphatic carbocycles. The fourth-order valence-corrected chi connectivity index (χ4v) is 2.07. The van der Waals surface area contributed by atoms with Gasteiger partial charge in [0.05, 0.1) is 18.2 Å². The molecule has 0 spiro atoms. The molecule has 3 heterocycles. The number of nitrogens with zero attached hydrogens (tertiary/aromatic N) is 3. The summed E-state index contributed by atoms with van der Waals surface area (Å²) >= 11 is 0. The predicted octanol–water partition coefficient (Wildman–Crippen LogP) is 3.18. The summed E-state index contributed by atoms with van der Waals surface area (Å²) < 4.78 is 12.1. The van der Waals surface area contributed by atoms with Gasteiger partial charge in [-0.05, 0) is 18.9 Å². The zero-order valence-electron chi connectivity index (χ0n) is 11.4. The molecule has 0 aliphatic rings. The van der Waals surface area contributed by atoms with Gasteiger partial charge in [0.25, 0.3) is 0 Å². The molecule has 108 valence electrons. The summed E-state index contributed by atoms with van der Waals surface area (Å²) in [5, 5.41) is 3.82. The molecule has 3 rings (SSSR count). The summed E-state index contributed by atoms with van der Waals surface area (Å²) in [4.78, 5) is 16.0. The Labute approximate surface area is 121 Å². The zero-order chi connectivity index (χ0) is 14.5. The van der Waals surface area contributed by atoms with Crippen molar-refractivity contribution in [1.82, 2.24) is 14.7 Å². The van der Waals surface area contributed by atoms with Crippen LogP contribution in [-0.2, 0) is 6.54 Å². The average molecular weight is 285 g/mol. The molecule has 21 heavy (non-hydrogen) atoms. The van der Waals surface area contributed by atoms with Gasteiger partial charge in [-0.2, -0.15) is 0 Å². The van der Waals surface area contributed by atoms with E-state index in [1.54, 1.807) is 37.2 Å². The van der Waals surface area contributed by atoms with Crippen LogP contribution in [0.25, 0.3) is 11.3 Å². The van der Waals surface area contributed by atoms with E-state index >= 15 is 0 Å². The van der Waals surface area contributed by atoms with Crippen LogP contribution in [0.1, 0.15) is 29.8 Å². The van der Waals surface area contributed by atoms with E-state index in [2.05, 4.69) is 10.1 Å². The maximum Gasteiger partial charge on any atom is 0.184 e. The van der Waals surface area contributed by atoms with Crippen LogP contribution in [0.4, 0.5) is 0 Å². The van der Waals surface area contributed by atoms with Crippen molar-refractivity contribution in [2.24, 2.45) is 0 Å². The second kappa shape index (κ2) is 6.21. The molecule has 0 aliphatic heterocycles. The van der Waals surface area contributed by atoms with E-state index < -0.39 is 0 Å². The number of hydrogen-bond donors (Lipinski definition) is 0. The summed E-state index contributed by atoms with van der Waals surface area (Å²) in [7, 11) is 0. The number of imidazole rings is 1. The maximum absolute atomic E-state index is 12.0. The number of hydrogen-bond acceptors (Lipinski definition) is 5. The quantitative estimate of drug-likeness (QED) is 0.492. The SMILES string of the molecule is O=C(CCCCn1ccnc1)c1cc(-c2ccoc2)on1. The molecule has 0 atom stereocenters. The molecular formula is C15H15N3O3. The van der Waals surface area contributed by atoms with Crippen molar-refractivity contribution in [3.63, 3.8) is 0 Å². The first kappa shape index (κ1) is 13.4. The van der Waals surface area contributed by atoms with Crippen molar-refractivity contribution in [2.75, 3.05) is 0 Å². The smallest absolute Gasteiger partial charge is 0.184 e. The lowest BCUT2D eigenvalue weighted by Crippen LogP contribution is -2.01. The van der Waals surface area contributed by atoms with Gasteiger partial charge in [0.15, 0.2) is 11.5 Å². The number of carbonyl (C=O) groups is 1. The Morgan fingerprint density at radius 3 is 3.05 bits per heavy atom. The molecule has 3 aromatic heterocycles. The lowest BCUT2D eigenvalue weighted by molar-refractivity contribution is 0.0970. The molecule has 0 saturated carbocycles. The number of furan rings is 1. The number of carbonyl (C=O) groups excluding carboxylic acids is 1. The third-order valence-corrected chi connectivity index (χ3v) is 3.23. The Morgan fingerprint density at radius 1 is 1.33 bits per heavy atom. The second-order valence-corrected chi connectivity index (χ2v) is 4.77. The van der Waals surface area contributed by atoms with Gasteiger partial charge in [0, 0.05) is 31.4 Å². The molecule has 3 aromatic rings. The fraction of sp³-hybridized carbons (Fsp3) is 0.267. The van der Waals surface area contributed by atoms with E-state index in [0.29, 0.717) is 17.9 Å². The molecular weight excluding hydrogens is 270 g/mol. The Morgan fingerprint density at radius 2 is 2.29 bits per heavy atom. The van der Waals surface area contributed by atoms with E-state index in [4.69, 9.17) is 8.94 Å². The first-order valence-corrected chi connectivity index (χ1v) is 6.81. The zero-order valence-corrected chi connectivity index (χ0v) is 11.4. The Balaban J connectivity index is 1.49. The van der Waals surface area contributed by atoms with Crippen LogP contribution in [0.3, 0.4) is 0 Å². The van der Waals surface area contributed by atoms with Crippen molar-refractivity contribution in [3.05, 3.63) is 49.1 Å². The van der Waals surface area contributed by atoms with Crippen LogP contribution in [-0.4, -0.2) is 20.5 Å². The van der Waals surface area contributed by atoms with Gasteiger partial charge in [-0.1, -0.05) is 5.16 Å². The summed E-state index contributed by atoms with van der Waals surface area (Å²) in [6.07, 6.45) is 10.7. The van der Waals surface area contributed by atoms with Crippen LogP contribution >= 0.6 is 0 Å². The number of rotatable bonds is 7. The van der Waals surface area contributed by atoms with Gasteiger partial charge < -0.3 is 13.5 Å². The van der Waals surface area contributed by atoms with Crippen molar-refractivity contribution in [3.8, 4) is 11.3 Å². The maximum atomic E-state index is 12.0. The molecule has 0 unspecified atom stereocenters. The van der Waals surface area contributed by atoms with Crippen LogP contribution in [0, 0.1) is 0 Å². The van der Waals surface area contributed by atoms with Crippen molar-refractivity contribution < 1.29 is 13.7 Å². The van der Waals surface area contributed by atoms with Crippen LogP contribution in [0.15, 0.2) is 52.3 Å². The molecule has 0 radical (unpaired) electrons. The molecule has 6 nitrogen and oxygen atoms in total. The monoisotopic (exact) mass is 285 g/mol. The number of Topliss-reactive ketones (excluding diaryl/α,β-unsaturated/α-hetero) is 1.